The van der Waals surface area contributed by atoms with Crippen LogP contribution < -0.4 is 10.2 Å². The maximum Gasteiger partial charge on any atom is 0.128 e. The lowest BCUT2D eigenvalue weighted by molar-refractivity contribution is 0.154. The summed E-state index contributed by atoms with van der Waals surface area (Å²) in [5.74, 6) is 1.04. The van der Waals surface area contributed by atoms with E-state index in [0.29, 0.717) is 0 Å². The molecule has 0 aliphatic heterocycles. The molecule has 19 heavy (non-hydrogen) atoms. The van der Waals surface area contributed by atoms with Gasteiger partial charge in [0, 0.05) is 31.9 Å². The average Bonchev–Trinajstić information content (AvgIpc) is 2.42. The molecule has 4 nitrogen and oxygen atoms in total. The predicted molar refractivity (Wildman–Crippen MR) is 80.7 cm³/mol. The molecule has 0 amide bonds. The lowest BCUT2D eigenvalue weighted by atomic mass is 10.2. The van der Waals surface area contributed by atoms with Gasteiger partial charge in [0.25, 0.3) is 0 Å². The highest BCUT2D eigenvalue weighted by atomic mass is 16.5. The largest absolute Gasteiger partial charge is 0.380 e. The van der Waals surface area contributed by atoms with Crippen LogP contribution >= 0.6 is 0 Å². The molecule has 108 valence electrons. The van der Waals surface area contributed by atoms with Crippen LogP contribution in [0.1, 0.15) is 32.0 Å². The van der Waals surface area contributed by atoms with Crippen LogP contribution in [0.2, 0.25) is 0 Å². The van der Waals surface area contributed by atoms with Gasteiger partial charge in [0.1, 0.15) is 5.82 Å². The Hall–Kier alpha value is -1.13. The molecule has 4 heteroatoms. The van der Waals surface area contributed by atoms with Gasteiger partial charge in [0.2, 0.25) is 0 Å². The molecule has 1 N–H and O–H groups in total. The van der Waals surface area contributed by atoms with E-state index < -0.39 is 0 Å². The predicted octanol–water partition coefficient (Wildman–Crippen LogP) is 2.36. The van der Waals surface area contributed by atoms with E-state index in [1.165, 1.54) is 5.56 Å². The summed E-state index contributed by atoms with van der Waals surface area (Å²) in [6, 6.07) is 4.28. The smallest absolute Gasteiger partial charge is 0.128 e. The highest BCUT2D eigenvalue weighted by Crippen LogP contribution is 2.14. The van der Waals surface area contributed by atoms with Crippen molar-refractivity contribution in [2.45, 2.75) is 34.2 Å². The summed E-state index contributed by atoms with van der Waals surface area (Å²) in [6.07, 6.45) is 0. The van der Waals surface area contributed by atoms with Crippen LogP contribution in [0.25, 0.3) is 0 Å². The van der Waals surface area contributed by atoms with Gasteiger partial charge in [0.05, 0.1) is 6.61 Å². The Bertz CT molecular complexity index is 368. The molecule has 0 spiro atoms. The van der Waals surface area contributed by atoms with Crippen molar-refractivity contribution in [3.05, 3.63) is 23.4 Å². The maximum absolute atomic E-state index is 5.41. The van der Waals surface area contributed by atoms with Gasteiger partial charge in [-0.05, 0) is 38.9 Å². The fourth-order valence-corrected chi connectivity index (χ4v) is 1.95. The van der Waals surface area contributed by atoms with Crippen LogP contribution in [0.4, 0.5) is 5.82 Å². The van der Waals surface area contributed by atoms with Crippen LogP contribution in [0.3, 0.4) is 0 Å². The molecule has 0 radical (unpaired) electrons. The van der Waals surface area contributed by atoms with E-state index in [2.05, 4.69) is 43.1 Å². The van der Waals surface area contributed by atoms with Gasteiger partial charge in [-0.1, -0.05) is 13.0 Å². The lowest BCUT2D eigenvalue weighted by Gasteiger charge is -2.22. The topological polar surface area (TPSA) is 37.4 Å². The zero-order chi connectivity index (χ0) is 14.1. The van der Waals surface area contributed by atoms with Crippen LogP contribution in [0.15, 0.2) is 12.1 Å². The summed E-state index contributed by atoms with van der Waals surface area (Å²) in [4.78, 5) is 6.96. The van der Waals surface area contributed by atoms with E-state index in [1.54, 1.807) is 0 Å². The first-order chi connectivity index (χ1) is 9.22. The quantitative estimate of drug-likeness (QED) is 0.696. The molecule has 0 aliphatic carbocycles. The highest BCUT2D eigenvalue weighted by molar-refractivity contribution is 5.41. The van der Waals surface area contributed by atoms with Gasteiger partial charge < -0.3 is 15.0 Å². The Balaban J connectivity index is 2.68. The minimum atomic E-state index is 0.754. The summed E-state index contributed by atoms with van der Waals surface area (Å²) in [5.41, 5.74) is 2.37. The molecule has 0 saturated heterocycles. The Morgan fingerprint density at radius 2 is 2.05 bits per heavy atom. The fraction of sp³-hybridized carbons (Fsp3) is 0.667. The van der Waals surface area contributed by atoms with Crippen LogP contribution in [0.5, 0.6) is 0 Å². The van der Waals surface area contributed by atoms with Gasteiger partial charge in [-0.2, -0.15) is 0 Å². The molecule has 0 atom stereocenters. The van der Waals surface area contributed by atoms with Crippen LogP contribution in [-0.4, -0.2) is 37.8 Å². The van der Waals surface area contributed by atoms with Crippen LogP contribution in [-0.2, 0) is 11.3 Å². The second-order valence-electron chi connectivity index (χ2n) is 4.47. The summed E-state index contributed by atoms with van der Waals surface area (Å²) in [6.45, 7) is 13.6. The van der Waals surface area contributed by atoms with Crippen molar-refractivity contribution in [2.75, 3.05) is 37.7 Å². The third-order valence-corrected chi connectivity index (χ3v) is 3.16. The molecule has 0 aliphatic rings. The summed E-state index contributed by atoms with van der Waals surface area (Å²) >= 11 is 0. The highest BCUT2D eigenvalue weighted by Gasteiger charge is 2.07. The number of aryl methyl sites for hydroxylation is 1. The van der Waals surface area contributed by atoms with E-state index in [-0.39, 0.29) is 0 Å². The van der Waals surface area contributed by atoms with Gasteiger partial charge in [-0.25, -0.2) is 4.98 Å². The van der Waals surface area contributed by atoms with Crippen molar-refractivity contribution in [1.82, 2.24) is 10.3 Å². The number of likely N-dealkylation sites (N-methyl/N-ethyl adjacent to an activating group) is 1. The zero-order valence-electron chi connectivity index (χ0n) is 12.7. The SMILES string of the molecule is CCNCc1ccc(N(CC)CCOCC)nc1C. The third kappa shape index (κ3) is 5.17. The number of hydrogen-bond donors (Lipinski definition) is 1. The van der Waals surface area contributed by atoms with Crippen molar-refractivity contribution >= 4 is 5.82 Å². The normalized spacial score (nSPS) is 10.7. The second kappa shape index (κ2) is 8.88. The number of rotatable bonds is 9. The number of nitrogens with one attached hydrogen (secondary N) is 1. The number of nitrogens with zero attached hydrogens (tertiary/aromatic N) is 2. The Kier molecular flexibility index (Phi) is 7.45. The molecule has 0 saturated carbocycles. The van der Waals surface area contributed by atoms with Gasteiger partial charge in [0.15, 0.2) is 0 Å². The average molecular weight is 265 g/mol. The standard InChI is InChI=1S/C15H27N3O/c1-5-16-12-14-8-9-15(17-13(14)4)18(6-2)10-11-19-7-3/h8-9,16H,5-7,10-12H2,1-4H3. The molecular weight excluding hydrogens is 238 g/mol. The Labute approximate surface area is 117 Å². The molecule has 0 fully saturated rings. The van der Waals surface area contributed by atoms with E-state index in [9.17, 15) is 0 Å². The van der Waals surface area contributed by atoms with E-state index >= 15 is 0 Å². The first-order valence-electron chi connectivity index (χ1n) is 7.22. The van der Waals surface area contributed by atoms with Crippen molar-refractivity contribution < 1.29 is 4.74 Å². The summed E-state index contributed by atoms with van der Waals surface area (Å²) in [7, 11) is 0. The lowest BCUT2D eigenvalue weighted by Crippen LogP contribution is -2.28. The first-order valence-corrected chi connectivity index (χ1v) is 7.22. The van der Waals surface area contributed by atoms with E-state index in [1.807, 2.05) is 6.92 Å². The Morgan fingerprint density at radius 1 is 1.26 bits per heavy atom. The van der Waals surface area contributed by atoms with Crippen LogP contribution in [0, 0.1) is 6.92 Å². The number of anilines is 1. The number of pyridine rings is 1. The molecule has 1 aromatic heterocycles. The minimum Gasteiger partial charge on any atom is -0.380 e. The number of ether oxygens (including phenoxy) is 1. The molecule has 1 heterocycles. The van der Waals surface area contributed by atoms with Gasteiger partial charge >= 0.3 is 0 Å². The van der Waals surface area contributed by atoms with Crippen molar-refractivity contribution in [2.24, 2.45) is 0 Å². The molecule has 1 rings (SSSR count). The summed E-state index contributed by atoms with van der Waals surface area (Å²) < 4.78 is 5.41. The first kappa shape index (κ1) is 15.9. The van der Waals surface area contributed by atoms with E-state index in [0.717, 1.165) is 50.9 Å². The van der Waals surface area contributed by atoms with Gasteiger partial charge in [-0.3, -0.25) is 0 Å². The molecule has 1 aromatic rings. The van der Waals surface area contributed by atoms with Crippen molar-refractivity contribution in [1.29, 1.82) is 0 Å². The second-order valence-corrected chi connectivity index (χ2v) is 4.47. The monoisotopic (exact) mass is 265 g/mol. The molecule has 0 unspecified atom stereocenters. The third-order valence-electron chi connectivity index (χ3n) is 3.16. The van der Waals surface area contributed by atoms with Crippen molar-refractivity contribution in [3.8, 4) is 0 Å². The fourth-order valence-electron chi connectivity index (χ4n) is 1.95. The molecule has 0 aromatic carbocycles. The maximum atomic E-state index is 5.41. The van der Waals surface area contributed by atoms with Gasteiger partial charge in [-0.15, -0.1) is 0 Å². The summed E-state index contributed by atoms with van der Waals surface area (Å²) in [5, 5.41) is 3.34. The number of hydrogen-bond acceptors (Lipinski definition) is 4. The molecular formula is C15H27N3O. The minimum absolute atomic E-state index is 0.754. The zero-order valence-corrected chi connectivity index (χ0v) is 12.7. The van der Waals surface area contributed by atoms with Crippen molar-refractivity contribution in [3.63, 3.8) is 0 Å². The Morgan fingerprint density at radius 3 is 2.63 bits per heavy atom. The number of aromatic nitrogens is 1. The van der Waals surface area contributed by atoms with E-state index in [4.69, 9.17) is 9.72 Å². The molecule has 0 bridgehead atoms.